The molecule has 0 unspecified atom stereocenters. The van der Waals surface area contributed by atoms with Crippen LogP contribution in [-0.4, -0.2) is 68.1 Å². The number of rotatable bonds is 5. The first kappa shape index (κ1) is 17.2. The summed E-state index contributed by atoms with van der Waals surface area (Å²) in [7, 11) is -1.30. The predicted molar refractivity (Wildman–Crippen MR) is 91.7 cm³/mol. The summed E-state index contributed by atoms with van der Waals surface area (Å²) in [4.78, 5) is 10.2. The first-order chi connectivity index (χ1) is 11.5. The maximum Gasteiger partial charge on any atom is 0.163 e. The lowest BCUT2D eigenvalue weighted by Gasteiger charge is -2.26. The fourth-order valence-corrected chi connectivity index (χ4v) is 4.04. The van der Waals surface area contributed by atoms with Crippen molar-refractivity contribution in [2.75, 3.05) is 44.9 Å². The highest BCUT2D eigenvalue weighted by Crippen LogP contribution is 2.33. The summed E-state index contributed by atoms with van der Waals surface area (Å²) in [5.41, 5.74) is 0.676. The van der Waals surface area contributed by atoms with Crippen LogP contribution >= 0.6 is 11.6 Å². The number of ether oxygens (including phenoxy) is 2. The molecular weight excluding hydrogens is 354 g/mol. The maximum atomic E-state index is 11.4. The molecular formula is C15H18ClN3O4S. The van der Waals surface area contributed by atoms with Gasteiger partial charge in [-0.15, -0.1) is 0 Å². The van der Waals surface area contributed by atoms with Crippen molar-refractivity contribution in [3.63, 3.8) is 0 Å². The average Bonchev–Trinajstić information content (AvgIpc) is 2.56. The van der Waals surface area contributed by atoms with Crippen LogP contribution in [0, 0.1) is 0 Å². The van der Waals surface area contributed by atoms with E-state index in [-0.39, 0.29) is 11.5 Å². The molecule has 1 fully saturated rings. The summed E-state index contributed by atoms with van der Waals surface area (Å²) in [6, 6.07) is 3.52. The number of fused-ring (bicyclic) bond motifs is 1. The Bertz CT molecular complexity index is 830. The second-order valence-electron chi connectivity index (χ2n) is 5.53. The summed E-state index contributed by atoms with van der Waals surface area (Å²) in [5, 5.41) is 1.06. The SMILES string of the molecule is COc1cc2c(Cl)ncnc2cc1OCCN1CCS(=O)(=O)CC1. The summed E-state index contributed by atoms with van der Waals surface area (Å²) >= 11 is 6.06. The Morgan fingerprint density at radius 1 is 1.21 bits per heavy atom. The van der Waals surface area contributed by atoms with Gasteiger partial charge in [0.1, 0.15) is 18.1 Å². The van der Waals surface area contributed by atoms with Crippen LogP contribution in [0.25, 0.3) is 10.9 Å². The monoisotopic (exact) mass is 371 g/mol. The molecule has 2 aromatic rings. The third kappa shape index (κ3) is 3.88. The van der Waals surface area contributed by atoms with E-state index in [1.807, 2.05) is 0 Å². The van der Waals surface area contributed by atoms with Crippen LogP contribution in [0.3, 0.4) is 0 Å². The number of benzene rings is 1. The molecule has 9 heteroatoms. The van der Waals surface area contributed by atoms with Crippen LogP contribution in [0.1, 0.15) is 0 Å². The van der Waals surface area contributed by atoms with Crippen molar-refractivity contribution in [3.05, 3.63) is 23.6 Å². The highest BCUT2D eigenvalue weighted by Gasteiger charge is 2.21. The highest BCUT2D eigenvalue weighted by atomic mass is 35.5. The van der Waals surface area contributed by atoms with Gasteiger partial charge < -0.3 is 9.47 Å². The molecule has 0 radical (unpaired) electrons. The zero-order chi connectivity index (χ0) is 17.2. The molecule has 0 aliphatic carbocycles. The van der Waals surface area contributed by atoms with Crippen molar-refractivity contribution in [2.45, 2.75) is 0 Å². The largest absolute Gasteiger partial charge is 0.493 e. The molecule has 3 rings (SSSR count). The summed E-state index contributed by atoms with van der Waals surface area (Å²) < 4.78 is 34.0. The van der Waals surface area contributed by atoms with Crippen LogP contribution in [-0.2, 0) is 9.84 Å². The van der Waals surface area contributed by atoms with Crippen molar-refractivity contribution in [1.29, 1.82) is 0 Å². The lowest BCUT2D eigenvalue weighted by molar-refractivity contribution is 0.214. The fourth-order valence-electron chi connectivity index (χ4n) is 2.56. The van der Waals surface area contributed by atoms with Gasteiger partial charge in [0.05, 0.1) is 24.1 Å². The number of aromatic nitrogens is 2. The van der Waals surface area contributed by atoms with Crippen LogP contribution in [0.5, 0.6) is 11.5 Å². The Morgan fingerprint density at radius 2 is 1.96 bits per heavy atom. The Hall–Kier alpha value is -1.64. The Balaban J connectivity index is 1.67. The summed E-state index contributed by atoms with van der Waals surface area (Å²) in [5.74, 6) is 1.55. The molecule has 2 heterocycles. The zero-order valence-electron chi connectivity index (χ0n) is 13.2. The third-order valence-corrected chi connectivity index (χ3v) is 5.88. The molecule has 1 aliphatic rings. The van der Waals surface area contributed by atoms with Gasteiger partial charge in [-0.05, 0) is 6.07 Å². The normalized spacial score (nSPS) is 17.8. The van der Waals surface area contributed by atoms with E-state index in [0.29, 0.717) is 53.8 Å². The molecule has 0 saturated carbocycles. The minimum absolute atomic E-state index is 0.210. The summed E-state index contributed by atoms with van der Waals surface area (Å²) in [6.45, 7) is 2.18. The minimum Gasteiger partial charge on any atom is -0.493 e. The van der Waals surface area contributed by atoms with Crippen LogP contribution < -0.4 is 9.47 Å². The fraction of sp³-hybridized carbons (Fsp3) is 0.467. The van der Waals surface area contributed by atoms with Gasteiger partial charge in [0.25, 0.3) is 0 Å². The molecule has 1 aromatic carbocycles. The molecule has 0 atom stereocenters. The van der Waals surface area contributed by atoms with E-state index < -0.39 is 9.84 Å². The zero-order valence-corrected chi connectivity index (χ0v) is 14.8. The topological polar surface area (TPSA) is 81.6 Å². The van der Waals surface area contributed by atoms with Gasteiger partial charge >= 0.3 is 0 Å². The number of nitrogens with zero attached hydrogens (tertiary/aromatic N) is 3. The van der Waals surface area contributed by atoms with E-state index in [0.717, 1.165) is 0 Å². The van der Waals surface area contributed by atoms with E-state index in [1.54, 1.807) is 19.2 Å². The van der Waals surface area contributed by atoms with Crippen molar-refractivity contribution in [3.8, 4) is 11.5 Å². The first-order valence-electron chi connectivity index (χ1n) is 7.52. The molecule has 0 bridgehead atoms. The number of methoxy groups -OCH3 is 1. The van der Waals surface area contributed by atoms with Gasteiger partial charge in [-0.3, -0.25) is 4.90 Å². The second kappa shape index (κ2) is 7.08. The molecule has 1 aliphatic heterocycles. The summed E-state index contributed by atoms with van der Waals surface area (Å²) in [6.07, 6.45) is 1.40. The quantitative estimate of drug-likeness (QED) is 0.735. The minimum atomic E-state index is -2.86. The first-order valence-corrected chi connectivity index (χ1v) is 9.72. The number of halogens is 1. The van der Waals surface area contributed by atoms with E-state index in [9.17, 15) is 8.42 Å². The highest BCUT2D eigenvalue weighted by molar-refractivity contribution is 7.91. The molecule has 0 N–H and O–H groups in total. The van der Waals surface area contributed by atoms with Gasteiger partial charge in [0, 0.05) is 31.1 Å². The average molecular weight is 372 g/mol. The van der Waals surface area contributed by atoms with Crippen LogP contribution in [0.4, 0.5) is 0 Å². The van der Waals surface area contributed by atoms with Gasteiger partial charge in [0.2, 0.25) is 0 Å². The number of hydrogen-bond acceptors (Lipinski definition) is 7. The molecule has 1 aromatic heterocycles. The number of sulfone groups is 1. The third-order valence-electron chi connectivity index (χ3n) is 3.97. The van der Waals surface area contributed by atoms with E-state index >= 15 is 0 Å². The van der Waals surface area contributed by atoms with E-state index in [4.69, 9.17) is 21.1 Å². The standard InChI is InChI=1S/C15H18ClN3O4S/c1-22-13-8-11-12(17-10-18-15(11)16)9-14(13)23-5-2-19-3-6-24(20,21)7-4-19/h8-10H,2-7H2,1H3. The lowest BCUT2D eigenvalue weighted by Crippen LogP contribution is -2.42. The lowest BCUT2D eigenvalue weighted by atomic mass is 10.2. The van der Waals surface area contributed by atoms with Crippen LogP contribution in [0.15, 0.2) is 18.5 Å². The predicted octanol–water partition coefficient (Wildman–Crippen LogP) is 1.40. The van der Waals surface area contributed by atoms with E-state index in [1.165, 1.54) is 6.33 Å². The van der Waals surface area contributed by atoms with Gasteiger partial charge in [-0.1, -0.05) is 11.6 Å². The van der Waals surface area contributed by atoms with Crippen LogP contribution in [0.2, 0.25) is 5.15 Å². The van der Waals surface area contributed by atoms with Gasteiger partial charge in [0.15, 0.2) is 21.3 Å². The molecule has 0 spiro atoms. The van der Waals surface area contributed by atoms with Crippen molar-refractivity contribution in [2.24, 2.45) is 0 Å². The molecule has 7 nitrogen and oxygen atoms in total. The van der Waals surface area contributed by atoms with Crippen molar-refractivity contribution < 1.29 is 17.9 Å². The molecule has 1 saturated heterocycles. The Labute approximate surface area is 145 Å². The molecule has 24 heavy (non-hydrogen) atoms. The molecule has 0 amide bonds. The molecule has 130 valence electrons. The van der Waals surface area contributed by atoms with Gasteiger partial charge in [-0.25, -0.2) is 18.4 Å². The Morgan fingerprint density at radius 3 is 2.67 bits per heavy atom. The van der Waals surface area contributed by atoms with Gasteiger partial charge in [-0.2, -0.15) is 0 Å². The Kier molecular flexibility index (Phi) is 5.07. The maximum absolute atomic E-state index is 11.4. The smallest absolute Gasteiger partial charge is 0.163 e. The number of hydrogen-bond donors (Lipinski definition) is 0. The van der Waals surface area contributed by atoms with Crippen molar-refractivity contribution in [1.82, 2.24) is 14.9 Å². The van der Waals surface area contributed by atoms with Crippen molar-refractivity contribution >= 4 is 32.3 Å². The van der Waals surface area contributed by atoms with E-state index in [2.05, 4.69) is 14.9 Å². The second-order valence-corrected chi connectivity index (χ2v) is 8.19.